The molecule has 100 valence electrons. The van der Waals surface area contributed by atoms with Gasteiger partial charge >= 0.3 is 0 Å². The van der Waals surface area contributed by atoms with Crippen LogP contribution in [0.5, 0.6) is 11.5 Å². The van der Waals surface area contributed by atoms with E-state index < -0.39 is 0 Å². The number of ether oxygens (including phenoxy) is 3. The summed E-state index contributed by atoms with van der Waals surface area (Å²) in [4.78, 5) is 2.31. The zero-order valence-electron chi connectivity index (χ0n) is 11.1. The topological polar surface area (TPSA) is 30.9 Å². The molecule has 0 spiro atoms. The summed E-state index contributed by atoms with van der Waals surface area (Å²) >= 11 is 0. The minimum Gasteiger partial charge on any atom is -0.486 e. The molecular formula is C14H21NO3. The zero-order chi connectivity index (χ0) is 12.8. The van der Waals surface area contributed by atoms with Crippen LogP contribution in [0.15, 0.2) is 24.3 Å². The van der Waals surface area contributed by atoms with Gasteiger partial charge in [-0.25, -0.2) is 0 Å². The van der Waals surface area contributed by atoms with Crippen LogP contribution in [0.2, 0.25) is 0 Å². The number of nitrogens with zero attached hydrogens (tertiary/aromatic N) is 1. The van der Waals surface area contributed by atoms with Gasteiger partial charge in [-0.2, -0.15) is 0 Å². The molecule has 1 aromatic rings. The van der Waals surface area contributed by atoms with Crippen LogP contribution in [0.4, 0.5) is 0 Å². The molecule has 1 aromatic carbocycles. The van der Waals surface area contributed by atoms with Crippen molar-refractivity contribution < 1.29 is 14.2 Å². The van der Waals surface area contributed by atoms with Crippen LogP contribution < -0.4 is 9.47 Å². The largest absolute Gasteiger partial charge is 0.486 e. The van der Waals surface area contributed by atoms with Crippen LogP contribution in [-0.2, 0) is 4.74 Å². The fourth-order valence-electron chi connectivity index (χ4n) is 2.04. The molecule has 2 rings (SSSR count). The highest BCUT2D eigenvalue weighted by molar-refractivity contribution is 5.40. The standard InChI is InChI=1S/C14H21NO3/c1-3-15(8-9-16-2)10-12-11-17-13-6-4-5-7-14(13)18-12/h4-7,12H,3,8-11H2,1-2H3. The summed E-state index contributed by atoms with van der Waals surface area (Å²) in [5.74, 6) is 1.69. The number of methoxy groups -OCH3 is 1. The molecule has 18 heavy (non-hydrogen) atoms. The van der Waals surface area contributed by atoms with Gasteiger partial charge < -0.3 is 14.2 Å². The highest BCUT2D eigenvalue weighted by Crippen LogP contribution is 2.30. The lowest BCUT2D eigenvalue weighted by atomic mass is 10.2. The Morgan fingerprint density at radius 2 is 2.11 bits per heavy atom. The van der Waals surface area contributed by atoms with Crippen molar-refractivity contribution in [2.75, 3.05) is 40.0 Å². The van der Waals surface area contributed by atoms with Crippen LogP contribution in [0, 0.1) is 0 Å². The summed E-state index contributed by atoms with van der Waals surface area (Å²) in [6.45, 7) is 6.29. The third kappa shape index (κ3) is 3.37. The maximum atomic E-state index is 5.94. The van der Waals surface area contributed by atoms with Gasteiger partial charge in [0.1, 0.15) is 12.7 Å². The number of rotatable bonds is 6. The lowest BCUT2D eigenvalue weighted by Crippen LogP contribution is -2.42. The van der Waals surface area contributed by atoms with Gasteiger partial charge in [-0.15, -0.1) is 0 Å². The van der Waals surface area contributed by atoms with Crippen molar-refractivity contribution in [3.63, 3.8) is 0 Å². The van der Waals surface area contributed by atoms with Gasteiger partial charge in [-0.05, 0) is 18.7 Å². The van der Waals surface area contributed by atoms with E-state index in [2.05, 4.69) is 11.8 Å². The molecule has 0 aliphatic carbocycles. The van der Waals surface area contributed by atoms with Crippen molar-refractivity contribution in [1.29, 1.82) is 0 Å². The van der Waals surface area contributed by atoms with Gasteiger partial charge in [-0.3, -0.25) is 4.90 Å². The Morgan fingerprint density at radius 1 is 1.33 bits per heavy atom. The number of hydrogen-bond donors (Lipinski definition) is 0. The molecule has 0 bridgehead atoms. The maximum Gasteiger partial charge on any atom is 0.161 e. The Morgan fingerprint density at radius 3 is 2.83 bits per heavy atom. The van der Waals surface area contributed by atoms with Crippen molar-refractivity contribution in [2.24, 2.45) is 0 Å². The average molecular weight is 251 g/mol. The second-order valence-electron chi connectivity index (χ2n) is 4.38. The van der Waals surface area contributed by atoms with Crippen LogP contribution in [-0.4, -0.2) is 51.0 Å². The molecule has 0 aromatic heterocycles. The predicted molar refractivity (Wildman–Crippen MR) is 70.3 cm³/mol. The normalized spacial score (nSPS) is 18.1. The first-order chi connectivity index (χ1) is 8.83. The number of likely N-dealkylation sites (N-methyl/N-ethyl adjacent to an activating group) is 1. The third-order valence-electron chi connectivity index (χ3n) is 3.09. The molecule has 1 atom stereocenters. The van der Waals surface area contributed by atoms with Gasteiger partial charge in [-0.1, -0.05) is 19.1 Å². The molecule has 0 amide bonds. The Hall–Kier alpha value is -1.26. The van der Waals surface area contributed by atoms with E-state index in [1.54, 1.807) is 7.11 Å². The molecule has 1 aliphatic heterocycles. The Bertz CT molecular complexity index is 370. The Kier molecular flexibility index (Phi) is 4.84. The number of benzene rings is 1. The van der Waals surface area contributed by atoms with E-state index in [1.807, 2.05) is 24.3 Å². The van der Waals surface area contributed by atoms with E-state index in [1.165, 1.54) is 0 Å². The summed E-state index contributed by atoms with van der Waals surface area (Å²) < 4.78 is 16.7. The predicted octanol–water partition coefficient (Wildman–Crippen LogP) is 1.79. The van der Waals surface area contributed by atoms with Crippen LogP contribution in [0.25, 0.3) is 0 Å². The third-order valence-corrected chi connectivity index (χ3v) is 3.09. The lowest BCUT2D eigenvalue weighted by Gasteiger charge is -2.30. The second-order valence-corrected chi connectivity index (χ2v) is 4.38. The smallest absolute Gasteiger partial charge is 0.161 e. The van der Waals surface area contributed by atoms with Gasteiger partial charge in [0, 0.05) is 20.2 Å². The Balaban J connectivity index is 1.88. The van der Waals surface area contributed by atoms with Crippen molar-refractivity contribution >= 4 is 0 Å². The van der Waals surface area contributed by atoms with Gasteiger partial charge in [0.15, 0.2) is 11.5 Å². The van der Waals surface area contributed by atoms with E-state index in [0.717, 1.165) is 37.7 Å². The molecule has 0 saturated carbocycles. The molecule has 1 aliphatic rings. The molecule has 0 fully saturated rings. The first-order valence-corrected chi connectivity index (χ1v) is 6.43. The molecule has 0 saturated heterocycles. The van der Waals surface area contributed by atoms with Crippen molar-refractivity contribution in [3.05, 3.63) is 24.3 Å². The van der Waals surface area contributed by atoms with Crippen LogP contribution in [0.1, 0.15) is 6.92 Å². The number of fused-ring (bicyclic) bond motifs is 1. The molecular weight excluding hydrogens is 230 g/mol. The Labute approximate surface area is 108 Å². The first kappa shape index (κ1) is 13.2. The molecule has 0 N–H and O–H groups in total. The van der Waals surface area contributed by atoms with E-state index in [4.69, 9.17) is 14.2 Å². The minimum atomic E-state index is 0.0942. The number of hydrogen-bond acceptors (Lipinski definition) is 4. The summed E-state index contributed by atoms with van der Waals surface area (Å²) in [6.07, 6.45) is 0.0942. The summed E-state index contributed by atoms with van der Waals surface area (Å²) in [5.41, 5.74) is 0. The first-order valence-electron chi connectivity index (χ1n) is 6.43. The average Bonchev–Trinajstić information content (AvgIpc) is 2.43. The quantitative estimate of drug-likeness (QED) is 0.771. The van der Waals surface area contributed by atoms with Crippen LogP contribution in [0.3, 0.4) is 0 Å². The van der Waals surface area contributed by atoms with E-state index >= 15 is 0 Å². The SMILES string of the molecule is CCN(CCOC)CC1COc2ccccc2O1. The monoisotopic (exact) mass is 251 g/mol. The molecule has 4 nitrogen and oxygen atoms in total. The number of para-hydroxylation sites is 2. The van der Waals surface area contributed by atoms with E-state index in [0.29, 0.717) is 6.61 Å². The summed E-state index contributed by atoms with van der Waals surface area (Å²) in [6, 6.07) is 7.81. The fraction of sp³-hybridized carbons (Fsp3) is 0.571. The summed E-state index contributed by atoms with van der Waals surface area (Å²) in [7, 11) is 1.73. The summed E-state index contributed by atoms with van der Waals surface area (Å²) in [5, 5.41) is 0. The lowest BCUT2D eigenvalue weighted by molar-refractivity contribution is 0.0516. The van der Waals surface area contributed by atoms with Crippen molar-refractivity contribution in [2.45, 2.75) is 13.0 Å². The highest BCUT2D eigenvalue weighted by Gasteiger charge is 2.22. The molecule has 4 heteroatoms. The molecule has 1 heterocycles. The van der Waals surface area contributed by atoms with Gasteiger partial charge in [0.2, 0.25) is 0 Å². The van der Waals surface area contributed by atoms with E-state index in [-0.39, 0.29) is 6.10 Å². The second kappa shape index (κ2) is 6.61. The van der Waals surface area contributed by atoms with E-state index in [9.17, 15) is 0 Å². The van der Waals surface area contributed by atoms with Crippen molar-refractivity contribution in [3.8, 4) is 11.5 Å². The molecule has 0 radical (unpaired) electrons. The van der Waals surface area contributed by atoms with Gasteiger partial charge in [0.25, 0.3) is 0 Å². The highest BCUT2D eigenvalue weighted by atomic mass is 16.6. The van der Waals surface area contributed by atoms with Crippen molar-refractivity contribution in [1.82, 2.24) is 4.90 Å². The molecule has 1 unspecified atom stereocenters. The zero-order valence-corrected chi connectivity index (χ0v) is 11.1. The van der Waals surface area contributed by atoms with Crippen LogP contribution >= 0.6 is 0 Å². The maximum absolute atomic E-state index is 5.94. The van der Waals surface area contributed by atoms with Gasteiger partial charge in [0.05, 0.1) is 6.61 Å². The minimum absolute atomic E-state index is 0.0942. The fourth-order valence-corrected chi connectivity index (χ4v) is 2.04.